The fourth-order valence-electron chi connectivity index (χ4n) is 3.74. The first-order valence-electron chi connectivity index (χ1n) is 8.80. The van der Waals surface area contributed by atoms with Gasteiger partial charge in [-0.25, -0.2) is 0 Å². The van der Waals surface area contributed by atoms with Crippen molar-refractivity contribution in [3.05, 3.63) is 29.3 Å². The quantitative estimate of drug-likeness (QED) is 0.887. The second-order valence-electron chi connectivity index (χ2n) is 7.47. The molecule has 3 nitrogen and oxygen atoms in total. The molecule has 0 unspecified atom stereocenters. The molecule has 130 valence electrons. The molecular formula is C19H31ClN2O. The number of para-hydroxylation sites is 1. The lowest BCUT2D eigenvalue weighted by Gasteiger charge is -2.32. The van der Waals surface area contributed by atoms with E-state index in [-0.39, 0.29) is 18.0 Å². The number of benzene rings is 1. The highest BCUT2D eigenvalue weighted by Crippen LogP contribution is 2.38. The summed E-state index contributed by atoms with van der Waals surface area (Å²) in [5.41, 5.74) is 2.70. The van der Waals surface area contributed by atoms with Crippen molar-refractivity contribution in [1.29, 1.82) is 0 Å². The monoisotopic (exact) mass is 338 g/mol. The highest BCUT2D eigenvalue weighted by molar-refractivity contribution is 5.85. The molecule has 3 rings (SSSR count). The van der Waals surface area contributed by atoms with E-state index < -0.39 is 0 Å². The number of hydrogen-bond donors (Lipinski definition) is 1. The molecule has 0 atom stereocenters. The molecule has 4 heteroatoms. The van der Waals surface area contributed by atoms with Gasteiger partial charge in [0.2, 0.25) is 0 Å². The van der Waals surface area contributed by atoms with Crippen molar-refractivity contribution in [3.8, 4) is 5.75 Å². The summed E-state index contributed by atoms with van der Waals surface area (Å²) in [5.74, 6) is 2.01. The Morgan fingerprint density at radius 3 is 2.70 bits per heavy atom. The maximum atomic E-state index is 6.20. The Balaban J connectivity index is 0.00000192. The van der Waals surface area contributed by atoms with Crippen LogP contribution < -0.4 is 10.1 Å². The third-order valence-electron chi connectivity index (χ3n) is 4.96. The molecule has 0 amide bonds. The molecule has 0 saturated carbocycles. The SMILES string of the molecule is CCNCC1CCN(Cc2cccc3c2OC(C)(C)C3)CC1.Cl. The highest BCUT2D eigenvalue weighted by atomic mass is 35.5. The van der Waals surface area contributed by atoms with Crippen LogP contribution in [0.4, 0.5) is 0 Å². The highest BCUT2D eigenvalue weighted by Gasteiger charge is 2.32. The summed E-state index contributed by atoms with van der Waals surface area (Å²) < 4.78 is 6.20. The fourth-order valence-corrected chi connectivity index (χ4v) is 3.74. The van der Waals surface area contributed by atoms with Crippen LogP contribution in [0.15, 0.2) is 18.2 Å². The molecule has 1 fully saturated rings. The summed E-state index contributed by atoms with van der Waals surface area (Å²) in [7, 11) is 0. The largest absolute Gasteiger partial charge is 0.487 e. The van der Waals surface area contributed by atoms with Crippen molar-refractivity contribution in [3.63, 3.8) is 0 Å². The molecule has 0 aromatic heterocycles. The molecule has 0 bridgehead atoms. The molecule has 1 N–H and O–H groups in total. The number of hydrogen-bond acceptors (Lipinski definition) is 3. The van der Waals surface area contributed by atoms with E-state index in [1.54, 1.807) is 0 Å². The third kappa shape index (κ3) is 4.62. The van der Waals surface area contributed by atoms with Crippen molar-refractivity contribution < 1.29 is 4.74 Å². The van der Waals surface area contributed by atoms with Gasteiger partial charge in [-0.1, -0.05) is 25.1 Å². The predicted molar refractivity (Wildman–Crippen MR) is 98.6 cm³/mol. The van der Waals surface area contributed by atoms with Gasteiger partial charge in [-0.15, -0.1) is 12.4 Å². The maximum Gasteiger partial charge on any atom is 0.127 e. The molecule has 1 aromatic rings. The Hall–Kier alpha value is -0.770. The van der Waals surface area contributed by atoms with Crippen molar-refractivity contribution in [1.82, 2.24) is 10.2 Å². The summed E-state index contributed by atoms with van der Waals surface area (Å²) in [4.78, 5) is 2.59. The van der Waals surface area contributed by atoms with Gasteiger partial charge < -0.3 is 10.1 Å². The first-order valence-corrected chi connectivity index (χ1v) is 8.80. The lowest BCUT2D eigenvalue weighted by molar-refractivity contribution is 0.132. The van der Waals surface area contributed by atoms with Gasteiger partial charge in [0.25, 0.3) is 0 Å². The molecule has 0 spiro atoms. The molecular weight excluding hydrogens is 308 g/mol. The number of piperidine rings is 1. The van der Waals surface area contributed by atoms with Gasteiger partial charge in [-0.05, 0) is 64.3 Å². The van der Waals surface area contributed by atoms with Gasteiger partial charge in [0.1, 0.15) is 11.4 Å². The van der Waals surface area contributed by atoms with E-state index in [0.717, 1.165) is 31.2 Å². The molecule has 1 aromatic carbocycles. The minimum absolute atomic E-state index is 0. The van der Waals surface area contributed by atoms with E-state index in [0.29, 0.717) is 0 Å². The molecule has 0 radical (unpaired) electrons. The van der Waals surface area contributed by atoms with Gasteiger partial charge in [0.15, 0.2) is 0 Å². The van der Waals surface area contributed by atoms with E-state index in [2.05, 4.69) is 49.2 Å². The number of halogens is 1. The van der Waals surface area contributed by atoms with Crippen LogP contribution in [0.2, 0.25) is 0 Å². The van der Waals surface area contributed by atoms with Gasteiger partial charge in [0, 0.05) is 18.5 Å². The lowest BCUT2D eigenvalue weighted by atomic mass is 9.96. The molecule has 0 aliphatic carbocycles. The van der Waals surface area contributed by atoms with E-state index >= 15 is 0 Å². The fraction of sp³-hybridized carbons (Fsp3) is 0.684. The normalized spacial score (nSPS) is 20.7. The predicted octanol–water partition coefficient (Wildman–Crippen LogP) is 3.64. The number of ether oxygens (including phenoxy) is 1. The first-order chi connectivity index (χ1) is 10.6. The average Bonchev–Trinajstić information content (AvgIpc) is 2.82. The zero-order chi connectivity index (χ0) is 15.6. The standard InChI is InChI=1S/C19H30N2O.ClH/c1-4-20-13-15-8-10-21(11-9-15)14-17-7-5-6-16-12-19(2,3)22-18(16)17;/h5-7,15,20H,4,8-14H2,1-3H3;1H. The van der Waals surface area contributed by atoms with Gasteiger partial charge in [-0.2, -0.15) is 0 Å². The van der Waals surface area contributed by atoms with Crippen LogP contribution in [-0.4, -0.2) is 36.7 Å². The average molecular weight is 339 g/mol. The number of likely N-dealkylation sites (tertiary alicyclic amines) is 1. The molecule has 23 heavy (non-hydrogen) atoms. The Bertz CT molecular complexity index is 510. The van der Waals surface area contributed by atoms with E-state index in [4.69, 9.17) is 4.74 Å². The topological polar surface area (TPSA) is 24.5 Å². The number of nitrogens with one attached hydrogen (secondary N) is 1. The zero-order valence-electron chi connectivity index (χ0n) is 14.7. The Kier molecular flexibility index (Phi) is 6.35. The summed E-state index contributed by atoms with van der Waals surface area (Å²) in [6.45, 7) is 12.3. The van der Waals surface area contributed by atoms with Crippen LogP contribution in [0.5, 0.6) is 5.75 Å². The zero-order valence-corrected chi connectivity index (χ0v) is 15.5. The molecule has 1 saturated heterocycles. The van der Waals surface area contributed by atoms with E-state index in [9.17, 15) is 0 Å². The molecule has 2 aliphatic heterocycles. The number of fused-ring (bicyclic) bond motifs is 1. The summed E-state index contributed by atoms with van der Waals surface area (Å²) in [5, 5.41) is 3.49. The van der Waals surface area contributed by atoms with E-state index in [1.807, 2.05) is 0 Å². The van der Waals surface area contributed by atoms with Crippen molar-refractivity contribution in [2.24, 2.45) is 5.92 Å². The summed E-state index contributed by atoms with van der Waals surface area (Å²) in [6, 6.07) is 6.65. The van der Waals surface area contributed by atoms with Crippen LogP contribution in [-0.2, 0) is 13.0 Å². The third-order valence-corrected chi connectivity index (χ3v) is 4.96. The van der Waals surface area contributed by atoms with E-state index in [1.165, 1.54) is 43.6 Å². The van der Waals surface area contributed by atoms with Crippen LogP contribution >= 0.6 is 12.4 Å². The Morgan fingerprint density at radius 1 is 1.26 bits per heavy atom. The van der Waals surface area contributed by atoms with Crippen LogP contribution in [0.3, 0.4) is 0 Å². The number of nitrogens with zero attached hydrogens (tertiary/aromatic N) is 1. The number of rotatable bonds is 5. The maximum absolute atomic E-state index is 6.20. The van der Waals surface area contributed by atoms with Crippen molar-refractivity contribution in [2.45, 2.75) is 52.2 Å². The first kappa shape index (κ1) is 18.6. The van der Waals surface area contributed by atoms with Crippen LogP contribution in [0.25, 0.3) is 0 Å². The molecule has 2 aliphatic rings. The van der Waals surface area contributed by atoms with Gasteiger partial charge in [-0.3, -0.25) is 4.90 Å². The van der Waals surface area contributed by atoms with Gasteiger partial charge >= 0.3 is 0 Å². The Morgan fingerprint density at radius 2 is 2.00 bits per heavy atom. The minimum Gasteiger partial charge on any atom is -0.487 e. The summed E-state index contributed by atoms with van der Waals surface area (Å²) in [6.07, 6.45) is 3.66. The van der Waals surface area contributed by atoms with Gasteiger partial charge in [0.05, 0.1) is 0 Å². The smallest absolute Gasteiger partial charge is 0.127 e. The van der Waals surface area contributed by atoms with Crippen LogP contribution in [0.1, 0.15) is 44.7 Å². The molecule has 2 heterocycles. The van der Waals surface area contributed by atoms with Crippen molar-refractivity contribution >= 4 is 12.4 Å². The van der Waals surface area contributed by atoms with Crippen LogP contribution in [0, 0.1) is 5.92 Å². The second-order valence-corrected chi connectivity index (χ2v) is 7.47. The van der Waals surface area contributed by atoms with Crippen molar-refractivity contribution in [2.75, 3.05) is 26.2 Å². The lowest BCUT2D eigenvalue weighted by Crippen LogP contribution is -2.37. The second kappa shape index (κ2) is 7.87. The minimum atomic E-state index is -0.0444. The summed E-state index contributed by atoms with van der Waals surface area (Å²) >= 11 is 0. The Labute approximate surface area is 147 Å².